The Morgan fingerprint density at radius 1 is 0.933 bits per heavy atom. The van der Waals surface area contributed by atoms with Crippen LogP contribution in [0.5, 0.6) is 0 Å². The molecule has 1 unspecified atom stereocenters. The van der Waals surface area contributed by atoms with Crippen molar-refractivity contribution in [2.24, 2.45) is 0 Å². The Kier molecular flexibility index (Phi) is 6.34. The zero-order valence-electron chi connectivity index (χ0n) is 14.7. The van der Waals surface area contributed by atoms with E-state index in [-0.39, 0.29) is 24.3 Å². The third-order valence-electron chi connectivity index (χ3n) is 4.01. The minimum Gasteiger partial charge on any atom is -0.294 e. The van der Waals surface area contributed by atoms with Gasteiger partial charge in [-0.05, 0) is 36.8 Å². The summed E-state index contributed by atoms with van der Waals surface area (Å²) in [6.45, 7) is 0.813. The lowest BCUT2D eigenvalue weighted by molar-refractivity contribution is -0.140. The van der Waals surface area contributed by atoms with Gasteiger partial charge in [0.15, 0.2) is 23.2 Å². The predicted molar refractivity (Wildman–Crippen MR) is 85.6 cm³/mol. The molecule has 0 aliphatic heterocycles. The van der Waals surface area contributed by atoms with Gasteiger partial charge >= 0.3 is 12.4 Å². The van der Waals surface area contributed by atoms with Crippen LogP contribution in [0.4, 0.5) is 43.9 Å². The molecule has 0 N–H and O–H groups in total. The zero-order chi connectivity index (χ0) is 23.0. The van der Waals surface area contributed by atoms with Crippen molar-refractivity contribution in [3.63, 3.8) is 0 Å². The van der Waals surface area contributed by atoms with Gasteiger partial charge in [-0.3, -0.25) is 4.79 Å². The first-order valence-corrected chi connectivity index (χ1v) is 7.94. The van der Waals surface area contributed by atoms with Gasteiger partial charge in [0.25, 0.3) is 0 Å². The summed E-state index contributed by atoms with van der Waals surface area (Å²) in [6.07, 6.45) is -10.6. The molecule has 0 fully saturated rings. The van der Waals surface area contributed by atoms with Crippen molar-refractivity contribution >= 4 is 11.6 Å². The number of Topliss-reactive ketones (excluding diaryl/α,β-unsaturated/α-hetero) is 1. The second kappa shape index (κ2) is 8.11. The maximum absolute atomic E-state index is 14.4. The van der Waals surface area contributed by atoms with Crippen LogP contribution in [-0.4, -0.2) is 12.0 Å². The number of carbonyl (C=O) groups excluding carboxylic acids is 1. The molecule has 1 nitrogen and oxygen atoms in total. The van der Waals surface area contributed by atoms with Crippen LogP contribution < -0.4 is 0 Å². The number of benzene rings is 2. The van der Waals surface area contributed by atoms with Crippen LogP contribution in [0.15, 0.2) is 36.4 Å². The molecule has 0 bridgehead atoms. The van der Waals surface area contributed by atoms with Crippen molar-refractivity contribution in [3.8, 4) is 0 Å². The lowest BCUT2D eigenvalue weighted by Crippen LogP contribution is -2.20. The van der Waals surface area contributed by atoms with Crippen molar-refractivity contribution in [1.82, 2.24) is 0 Å². The van der Waals surface area contributed by atoms with Crippen molar-refractivity contribution < 1.29 is 48.7 Å². The van der Waals surface area contributed by atoms with E-state index in [4.69, 9.17) is 0 Å². The molecular weight excluding hydrogens is 434 g/mol. The maximum atomic E-state index is 14.4. The van der Waals surface area contributed by atoms with E-state index >= 15 is 0 Å². The fourth-order valence-corrected chi connectivity index (χ4v) is 2.61. The Hall–Kier alpha value is -2.85. The highest BCUT2D eigenvalue weighted by atomic mass is 19.4. The van der Waals surface area contributed by atoms with Crippen LogP contribution >= 0.6 is 0 Å². The van der Waals surface area contributed by atoms with Crippen molar-refractivity contribution in [3.05, 3.63) is 76.1 Å². The van der Waals surface area contributed by atoms with E-state index < -0.39 is 69.6 Å². The minimum atomic E-state index is -5.32. The van der Waals surface area contributed by atoms with Gasteiger partial charge < -0.3 is 0 Å². The van der Waals surface area contributed by atoms with Crippen LogP contribution in [0.2, 0.25) is 0 Å². The summed E-state index contributed by atoms with van der Waals surface area (Å²) in [4.78, 5) is 11.3. The number of allylic oxidation sites excluding steroid dienone is 1. The number of hydrogen-bond donors (Lipinski definition) is 0. The number of alkyl halides is 6. The summed E-state index contributed by atoms with van der Waals surface area (Å²) in [5, 5.41) is 0. The lowest BCUT2D eigenvalue weighted by atomic mass is 9.95. The standard InChI is InChI=1S/C19H10F10O/c1-8(30)11-3-2-9(4-13(11)19(27,28)29)14(20)7-12(18(24,25)26)10-5-15(21)17(23)16(22)6-10/h2-7,12H,1H3/b14-7-. The third-order valence-corrected chi connectivity index (χ3v) is 4.01. The topological polar surface area (TPSA) is 17.1 Å². The van der Waals surface area contributed by atoms with Gasteiger partial charge in [0, 0.05) is 11.1 Å². The number of ketones is 1. The van der Waals surface area contributed by atoms with E-state index in [9.17, 15) is 48.7 Å². The van der Waals surface area contributed by atoms with E-state index in [1.165, 1.54) is 0 Å². The third kappa shape index (κ3) is 5.00. The van der Waals surface area contributed by atoms with Gasteiger partial charge in [-0.1, -0.05) is 12.1 Å². The molecule has 0 aromatic heterocycles. The molecule has 0 amide bonds. The Labute approximate surface area is 162 Å². The molecule has 0 aliphatic rings. The Morgan fingerprint density at radius 3 is 1.90 bits per heavy atom. The van der Waals surface area contributed by atoms with E-state index in [0.717, 1.165) is 6.92 Å². The van der Waals surface area contributed by atoms with E-state index in [1.807, 2.05) is 0 Å². The molecule has 2 aromatic rings. The molecule has 0 aliphatic carbocycles. The molecule has 11 heteroatoms. The van der Waals surface area contributed by atoms with Gasteiger partial charge in [0.05, 0.1) is 5.56 Å². The molecule has 2 rings (SSSR count). The van der Waals surface area contributed by atoms with Gasteiger partial charge in [-0.25, -0.2) is 17.6 Å². The predicted octanol–water partition coefficient (Wildman–Crippen LogP) is 6.98. The van der Waals surface area contributed by atoms with Crippen molar-refractivity contribution in [1.29, 1.82) is 0 Å². The monoisotopic (exact) mass is 444 g/mol. The minimum absolute atomic E-state index is 0.000339. The Morgan fingerprint density at radius 2 is 1.47 bits per heavy atom. The smallest absolute Gasteiger partial charge is 0.294 e. The largest absolute Gasteiger partial charge is 0.417 e. The second-order valence-corrected chi connectivity index (χ2v) is 6.15. The maximum Gasteiger partial charge on any atom is 0.417 e. The van der Waals surface area contributed by atoms with Crippen LogP contribution in [0.25, 0.3) is 5.83 Å². The Bertz CT molecular complexity index is 978. The highest BCUT2D eigenvalue weighted by molar-refractivity contribution is 5.96. The molecule has 0 spiro atoms. The molecule has 0 heterocycles. The van der Waals surface area contributed by atoms with Gasteiger partial charge in [0.1, 0.15) is 11.7 Å². The van der Waals surface area contributed by atoms with E-state index in [0.29, 0.717) is 12.1 Å². The first kappa shape index (κ1) is 23.4. The van der Waals surface area contributed by atoms with Crippen LogP contribution in [-0.2, 0) is 6.18 Å². The summed E-state index contributed by atoms with van der Waals surface area (Å²) in [6, 6.07) is 1.38. The first-order chi connectivity index (χ1) is 13.6. The fourth-order valence-electron chi connectivity index (χ4n) is 2.61. The molecule has 1 atom stereocenters. The average Bonchev–Trinajstić information content (AvgIpc) is 2.61. The quantitative estimate of drug-likeness (QED) is 0.283. The zero-order valence-corrected chi connectivity index (χ0v) is 14.7. The number of carbonyl (C=O) groups is 1. The van der Waals surface area contributed by atoms with Crippen molar-refractivity contribution in [2.75, 3.05) is 0 Å². The highest BCUT2D eigenvalue weighted by Crippen LogP contribution is 2.40. The molecular formula is C19H10F10O. The van der Waals surface area contributed by atoms with Crippen LogP contribution in [0.1, 0.15) is 39.9 Å². The lowest BCUT2D eigenvalue weighted by Gasteiger charge is -2.18. The SMILES string of the molecule is CC(=O)c1ccc(/C(F)=C/C(c2cc(F)c(F)c(F)c2)C(F)(F)F)cc1C(F)(F)F. The molecule has 0 saturated carbocycles. The van der Waals surface area contributed by atoms with Gasteiger partial charge in [0.2, 0.25) is 0 Å². The van der Waals surface area contributed by atoms with Crippen LogP contribution in [0, 0.1) is 17.5 Å². The highest BCUT2D eigenvalue weighted by Gasteiger charge is 2.41. The molecule has 2 aromatic carbocycles. The normalized spacial score (nSPS) is 14.0. The number of rotatable bonds is 4. The molecule has 162 valence electrons. The molecule has 30 heavy (non-hydrogen) atoms. The molecule has 0 saturated heterocycles. The summed E-state index contributed by atoms with van der Waals surface area (Å²) >= 11 is 0. The summed E-state index contributed by atoms with van der Waals surface area (Å²) in [7, 11) is 0. The number of hydrogen-bond acceptors (Lipinski definition) is 1. The van der Waals surface area contributed by atoms with Crippen LogP contribution in [0.3, 0.4) is 0 Å². The number of halogens is 10. The van der Waals surface area contributed by atoms with Gasteiger partial charge in [-0.2, -0.15) is 26.3 Å². The summed E-state index contributed by atoms with van der Waals surface area (Å²) in [5.74, 6) is -11.8. The van der Waals surface area contributed by atoms with E-state index in [1.54, 1.807) is 0 Å². The second-order valence-electron chi connectivity index (χ2n) is 6.15. The summed E-state index contributed by atoms with van der Waals surface area (Å²) < 4.78 is 133. The van der Waals surface area contributed by atoms with E-state index in [2.05, 4.69) is 0 Å². The first-order valence-electron chi connectivity index (χ1n) is 7.94. The molecule has 0 radical (unpaired) electrons. The Balaban J connectivity index is 2.62. The average molecular weight is 444 g/mol. The summed E-state index contributed by atoms with van der Waals surface area (Å²) in [5.41, 5.74) is -4.55. The van der Waals surface area contributed by atoms with Crippen molar-refractivity contribution in [2.45, 2.75) is 25.2 Å². The fraction of sp³-hybridized carbons (Fsp3) is 0.211. The van der Waals surface area contributed by atoms with Gasteiger partial charge in [-0.15, -0.1) is 0 Å².